The van der Waals surface area contributed by atoms with E-state index in [-0.39, 0.29) is 18.3 Å². The minimum Gasteiger partial charge on any atom is -0.324 e. The van der Waals surface area contributed by atoms with Crippen molar-refractivity contribution in [1.29, 1.82) is 0 Å². The minimum atomic E-state index is 0. The van der Waals surface area contributed by atoms with Gasteiger partial charge < -0.3 is 10.6 Å². The van der Waals surface area contributed by atoms with Crippen molar-refractivity contribution in [3.8, 4) is 0 Å². The molecule has 2 rings (SSSR count). The van der Waals surface area contributed by atoms with Gasteiger partial charge in [-0.1, -0.05) is 13.0 Å². The molecule has 6 heteroatoms. The summed E-state index contributed by atoms with van der Waals surface area (Å²) in [6.07, 6.45) is 2.35. The summed E-state index contributed by atoms with van der Waals surface area (Å²) in [5, 5.41) is 6.40. The van der Waals surface area contributed by atoms with Crippen molar-refractivity contribution in [3.63, 3.8) is 0 Å². The van der Waals surface area contributed by atoms with Gasteiger partial charge >= 0.3 is 0 Å². The van der Waals surface area contributed by atoms with Gasteiger partial charge in [0.05, 0.1) is 12.2 Å². The van der Waals surface area contributed by atoms with Crippen LogP contribution in [0.15, 0.2) is 22.7 Å². The van der Waals surface area contributed by atoms with Gasteiger partial charge in [0.15, 0.2) is 0 Å². The molecule has 1 aromatic carbocycles. The van der Waals surface area contributed by atoms with Crippen LogP contribution in [0.2, 0.25) is 0 Å². The summed E-state index contributed by atoms with van der Waals surface area (Å²) in [6, 6.07) is 5.97. The number of carbonyl (C=O) groups is 1. The van der Waals surface area contributed by atoms with Crippen LogP contribution in [-0.4, -0.2) is 43.5 Å². The number of nitrogens with one attached hydrogen (secondary N) is 2. The lowest BCUT2D eigenvalue weighted by Crippen LogP contribution is -2.41. The maximum atomic E-state index is 12.2. The van der Waals surface area contributed by atoms with Crippen LogP contribution in [0.5, 0.6) is 0 Å². The molecule has 1 heterocycles. The average molecular weight is 405 g/mol. The molecule has 1 aliphatic heterocycles. The molecular formula is C17H27BrClN3O. The van der Waals surface area contributed by atoms with Crippen LogP contribution in [-0.2, 0) is 4.79 Å². The van der Waals surface area contributed by atoms with Crippen LogP contribution in [0.25, 0.3) is 0 Å². The van der Waals surface area contributed by atoms with Gasteiger partial charge in [-0.15, -0.1) is 12.4 Å². The quantitative estimate of drug-likeness (QED) is 0.763. The fourth-order valence-electron chi connectivity index (χ4n) is 2.81. The number of likely N-dealkylation sites (tertiary alicyclic amines) is 1. The molecule has 4 nitrogen and oxygen atoms in total. The highest BCUT2D eigenvalue weighted by Crippen LogP contribution is 2.23. The van der Waals surface area contributed by atoms with Gasteiger partial charge in [-0.05, 0) is 85.5 Å². The number of carbonyl (C=O) groups excluding carboxylic acids is 1. The van der Waals surface area contributed by atoms with Crippen molar-refractivity contribution in [2.45, 2.75) is 26.7 Å². The lowest BCUT2D eigenvalue weighted by atomic mass is 9.97. The Morgan fingerprint density at radius 2 is 2.04 bits per heavy atom. The zero-order valence-corrected chi connectivity index (χ0v) is 16.3. The van der Waals surface area contributed by atoms with Crippen molar-refractivity contribution in [2.24, 2.45) is 5.92 Å². The van der Waals surface area contributed by atoms with Crippen LogP contribution in [0.3, 0.4) is 0 Å². The molecule has 1 saturated heterocycles. The first-order valence-electron chi connectivity index (χ1n) is 8.07. The Labute approximate surface area is 153 Å². The second-order valence-corrected chi connectivity index (χ2v) is 6.91. The molecule has 0 atom stereocenters. The third-order valence-corrected chi connectivity index (χ3v) is 4.81. The number of rotatable bonds is 6. The normalized spacial score (nSPS) is 16.0. The molecule has 0 spiro atoms. The summed E-state index contributed by atoms with van der Waals surface area (Å²) >= 11 is 3.50. The average Bonchev–Trinajstić information content (AvgIpc) is 2.49. The van der Waals surface area contributed by atoms with Crippen molar-refractivity contribution in [3.05, 3.63) is 28.2 Å². The number of hydrogen-bond acceptors (Lipinski definition) is 3. The number of benzene rings is 1. The first-order chi connectivity index (χ1) is 10.6. The van der Waals surface area contributed by atoms with E-state index in [0.29, 0.717) is 6.54 Å². The van der Waals surface area contributed by atoms with Crippen LogP contribution in [0.4, 0.5) is 5.69 Å². The molecule has 1 aromatic rings. The Morgan fingerprint density at radius 1 is 1.35 bits per heavy atom. The van der Waals surface area contributed by atoms with E-state index < -0.39 is 0 Å². The summed E-state index contributed by atoms with van der Waals surface area (Å²) in [7, 11) is 0. The first-order valence-corrected chi connectivity index (χ1v) is 8.87. The SMILES string of the molecule is CCNCC1CCN(CC(=O)Nc2ccc(C)cc2Br)CC1.Cl. The summed E-state index contributed by atoms with van der Waals surface area (Å²) in [6.45, 7) is 8.82. The molecule has 2 N–H and O–H groups in total. The fraction of sp³-hybridized carbons (Fsp3) is 0.588. The van der Waals surface area contributed by atoms with E-state index in [1.54, 1.807) is 0 Å². The van der Waals surface area contributed by atoms with E-state index in [1.165, 1.54) is 18.4 Å². The van der Waals surface area contributed by atoms with Crippen molar-refractivity contribution < 1.29 is 4.79 Å². The molecule has 0 bridgehead atoms. The molecule has 0 saturated carbocycles. The Hall–Kier alpha value is -0.620. The molecule has 0 aliphatic carbocycles. The number of nitrogens with zero attached hydrogens (tertiary/aromatic N) is 1. The number of anilines is 1. The van der Waals surface area contributed by atoms with E-state index in [0.717, 1.165) is 42.3 Å². The van der Waals surface area contributed by atoms with E-state index in [9.17, 15) is 4.79 Å². The smallest absolute Gasteiger partial charge is 0.238 e. The molecule has 0 radical (unpaired) electrons. The van der Waals surface area contributed by atoms with Gasteiger partial charge in [0, 0.05) is 4.47 Å². The van der Waals surface area contributed by atoms with Gasteiger partial charge in [0.1, 0.15) is 0 Å². The molecule has 0 unspecified atom stereocenters. The second kappa shape index (κ2) is 10.3. The number of hydrogen-bond donors (Lipinski definition) is 2. The zero-order valence-electron chi connectivity index (χ0n) is 13.9. The minimum absolute atomic E-state index is 0. The summed E-state index contributed by atoms with van der Waals surface area (Å²) in [5.41, 5.74) is 2.02. The molecule has 130 valence electrons. The zero-order chi connectivity index (χ0) is 15.9. The third-order valence-electron chi connectivity index (χ3n) is 4.16. The molecule has 1 amide bonds. The maximum Gasteiger partial charge on any atom is 0.238 e. The first kappa shape index (κ1) is 20.4. The van der Waals surface area contributed by atoms with Gasteiger partial charge in [-0.2, -0.15) is 0 Å². The predicted molar refractivity (Wildman–Crippen MR) is 102 cm³/mol. The summed E-state index contributed by atoms with van der Waals surface area (Å²) < 4.78 is 0.935. The summed E-state index contributed by atoms with van der Waals surface area (Å²) in [4.78, 5) is 14.4. The topological polar surface area (TPSA) is 44.4 Å². The highest BCUT2D eigenvalue weighted by atomic mass is 79.9. The van der Waals surface area contributed by atoms with Crippen molar-refractivity contribution >= 4 is 39.9 Å². The highest BCUT2D eigenvalue weighted by Gasteiger charge is 2.20. The molecule has 0 aromatic heterocycles. The van der Waals surface area contributed by atoms with E-state index in [4.69, 9.17) is 0 Å². The maximum absolute atomic E-state index is 12.2. The highest BCUT2D eigenvalue weighted by molar-refractivity contribution is 9.10. The van der Waals surface area contributed by atoms with Gasteiger partial charge in [-0.3, -0.25) is 9.69 Å². The van der Waals surface area contributed by atoms with Gasteiger partial charge in [0.2, 0.25) is 5.91 Å². The third kappa shape index (κ3) is 6.79. The fourth-order valence-corrected chi connectivity index (χ4v) is 3.40. The molecule has 23 heavy (non-hydrogen) atoms. The predicted octanol–water partition coefficient (Wildman–Crippen LogP) is 3.44. The lowest BCUT2D eigenvalue weighted by Gasteiger charge is -2.31. The van der Waals surface area contributed by atoms with Gasteiger partial charge in [0.25, 0.3) is 0 Å². The Balaban J connectivity index is 0.00000264. The molecular weight excluding hydrogens is 378 g/mol. The largest absolute Gasteiger partial charge is 0.324 e. The number of halogens is 2. The Kier molecular flexibility index (Phi) is 9.14. The second-order valence-electron chi connectivity index (χ2n) is 6.06. The van der Waals surface area contributed by atoms with Crippen LogP contribution in [0, 0.1) is 12.8 Å². The van der Waals surface area contributed by atoms with Gasteiger partial charge in [-0.25, -0.2) is 0 Å². The Morgan fingerprint density at radius 3 is 2.65 bits per heavy atom. The van der Waals surface area contributed by atoms with Crippen LogP contribution in [0.1, 0.15) is 25.3 Å². The lowest BCUT2D eigenvalue weighted by molar-refractivity contribution is -0.117. The van der Waals surface area contributed by atoms with E-state index >= 15 is 0 Å². The number of aryl methyl sites for hydroxylation is 1. The van der Waals surface area contributed by atoms with Crippen molar-refractivity contribution in [2.75, 3.05) is 38.0 Å². The van der Waals surface area contributed by atoms with E-state index in [1.807, 2.05) is 25.1 Å². The van der Waals surface area contributed by atoms with Crippen LogP contribution < -0.4 is 10.6 Å². The van der Waals surface area contributed by atoms with Crippen LogP contribution >= 0.6 is 28.3 Å². The Bertz CT molecular complexity index is 505. The van der Waals surface area contributed by atoms with Crippen molar-refractivity contribution in [1.82, 2.24) is 10.2 Å². The summed E-state index contributed by atoms with van der Waals surface area (Å²) in [5.74, 6) is 0.820. The molecule has 1 aliphatic rings. The number of amides is 1. The standard InChI is InChI=1S/C17H26BrN3O.ClH/c1-3-19-11-14-6-8-21(9-7-14)12-17(22)20-16-5-4-13(2)10-15(16)18;/h4-5,10,14,19H,3,6-9,11-12H2,1-2H3,(H,20,22);1H. The molecule has 1 fully saturated rings. The number of piperidine rings is 1. The monoisotopic (exact) mass is 403 g/mol. The van der Waals surface area contributed by atoms with E-state index in [2.05, 4.69) is 38.4 Å².